The number of carbonyl (C=O) groups is 3. The third kappa shape index (κ3) is 3.43. The van der Waals surface area contributed by atoms with Gasteiger partial charge in [0.05, 0.1) is 0 Å². The molecule has 4 rings (SSSR count). The van der Waals surface area contributed by atoms with E-state index in [1.807, 2.05) is 24.3 Å². The number of nitrogens with two attached hydrogens (primary N) is 1. The lowest BCUT2D eigenvalue weighted by Gasteiger charge is -2.41. The minimum absolute atomic E-state index is 0.0955. The predicted octanol–water partition coefficient (Wildman–Crippen LogP) is 1.24. The standard InChI is InChI=1S/C20H26N4O3/c21-18(26)20(8-9-20)19(27)22-13-5-3-4-12(10-13)11-16-14-6-1-2-7-15(14)17(25)24-23-16/h3-5,10,14-16,23H,1-2,6-9,11H2,(H2,21,26)(H,22,27)(H,24,25). The number of hydrazine groups is 1. The molecule has 3 fully saturated rings. The molecule has 7 nitrogen and oxygen atoms in total. The molecule has 0 spiro atoms. The van der Waals surface area contributed by atoms with Gasteiger partial charge in [0.2, 0.25) is 17.7 Å². The summed E-state index contributed by atoms with van der Waals surface area (Å²) in [6, 6.07) is 7.85. The largest absolute Gasteiger partial charge is 0.369 e. The van der Waals surface area contributed by atoms with E-state index in [2.05, 4.69) is 16.2 Å². The number of hydrogen-bond donors (Lipinski definition) is 4. The van der Waals surface area contributed by atoms with E-state index in [0.717, 1.165) is 37.7 Å². The second-order valence-electron chi connectivity index (χ2n) is 8.10. The van der Waals surface area contributed by atoms with Crippen molar-refractivity contribution in [3.8, 4) is 0 Å². The number of rotatable bonds is 5. The first-order valence-corrected chi connectivity index (χ1v) is 9.75. The highest BCUT2D eigenvalue weighted by atomic mass is 16.2. The molecule has 5 N–H and O–H groups in total. The second-order valence-corrected chi connectivity index (χ2v) is 8.10. The summed E-state index contributed by atoms with van der Waals surface area (Å²) in [5.74, 6) is -0.323. The van der Waals surface area contributed by atoms with E-state index in [4.69, 9.17) is 5.73 Å². The number of hydrogen-bond acceptors (Lipinski definition) is 4. The quantitative estimate of drug-likeness (QED) is 0.584. The zero-order valence-electron chi connectivity index (χ0n) is 15.3. The first-order chi connectivity index (χ1) is 13.0. The number of anilines is 1. The number of fused-ring (bicyclic) bond motifs is 1. The Morgan fingerprint density at radius 2 is 2.00 bits per heavy atom. The van der Waals surface area contributed by atoms with E-state index >= 15 is 0 Å². The van der Waals surface area contributed by atoms with Gasteiger partial charge in [0.25, 0.3) is 0 Å². The molecule has 3 aliphatic rings. The molecule has 2 aliphatic carbocycles. The van der Waals surface area contributed by atoms with Gasteiger partial charge in [-0.05, 0) is 55.7 Å². The maximum atomic E-state index is 12.4. The first kappa shape index (κ1) is 18.0. The molecule has 3 atom stereocenters. The Morgan fingerprint density at radius 1 is 1.22 bits per heavy atom. The van der Waals surface area contributed by atoms with E-state index in [1.54, 1.807) is 0 Å². The van der Waals surface area contributed by atoms with Gasteiger partial charge in [0.1, 0.15) is 5.41 Å². The fourth-order valence-electron chi connectivity index (χ4n) is 4.52. The summed E-state index contributed by atoms with van der Waals surface area (Å²) in [5, 5.41) is 2.84. The van der Waals surface area contributed by atoms with Crippen molar-refractivity contribution in [2.75, 3.05) is 5.32 Å². The molecule has 1 saturated heterocycles. The molecule has 0 bridgehead atoms. The van der Waals surface area contributed by atoms with Crippen molar-refractivity contribution in [1.29, 1.82) is 0 Å². The Labute approximate surface area is 158 Å². The number of amides is 3. The van der Waals surface area contributed by atoms with Crippen LogP contribution in [0.4, 0.5) is 5.69 Å². The Morgan fingerprint density at radius 3 is 2.74 bits per heavy atom. The highest BCUT2D eigenvalue weighted by molar-refractivity contribution is 6.12. The van der Waals surface area contributed by atoms with Crippen LogP contribution in [0.2, 0.25) is 0 Å². The lowest BCUT2D eigenvalue weighted by atomic mass is 9.72. The van der Waals surface area contributed by atoms with Crippen LogP contribution in [0.3, 0.4) is 0 Å². The van der Waals surface area contributed by atoms with Crippen LogP contribution in [0, 0.1) is 17.3 Å². The molecule has 1 aliphatic heterocycles. The molecule has 0 aromatic heterocycles. The third-order valence-electron chi connectivity index (χ3n) is 6.35. The number of benzene rings is 1. The van der Waals surface area contributed by atoms with Crippen molar-refractivity contribution >= 4 is 23.4 Å². The fourth-order valence-corrected chi connectivity index (χ4v) is 4.52. The molecule has 3 amide bonds. The minimum Gasteiger partial charge on any atom is -0.369 e. The molecule has 1 aromatic rings. The molecule has 7 heteroatoms. The minimum atomic E-state index is -1.03. The molecule has 1 aromatic carbocycles. The van der Waals surface area contributed by atoms with Crippen LogP contribution in [0.25, 0.3) is 0 Å². The van der Waals surface area contributed by atoms with Crippen LogP contribution in [0.15, 0.2) is 24.3 Å². The summed E-state index contributed by atoms with van der Waals surface area (Å²) in [4.78, 5) is 36.0. The Balaban J connectivity index is 1.44. The SMILES string of the molecule is NC(=O)C1(C(=O)Nc2cccc(CC3NNC(=O)C4CCCCC34)c2)CC1. The van der Waals surface area contributed by atoms with Gasteiger partial charge in [-0.3, -0.25) is 19.8 Å². The summed E-state index contributed by atoms with van der Waals surface area (Å²) in [5.41, 5.74) is 12.1. The summed E-state index contributed by atoms with van der Waals surface area (Å²) in [6.45, 7) is 0. The highest BCUT2D eigenvalue weighted by Gasteiger charge is 2.55. The molecule has 27 heavy (non-hydrogen) atoms. The van der Waals surface area contributed by atoms with Crippen LogP contribution >= 0.6 is 0 Å². The molecular weight excluding hydrogens is 344 g/mol. The zero-order chi connectivity index (χ0) is 19.0. The lowest BCUT2D eigenvalue weighted by Crippen LogP contribution is -2.60. The van der Waals surface area contributed by atoms with Crippen LogP contribution in [0.5, 0.6) is 0 Å². The van der Waals surface area contributed by atoms with Crippen molar-refractivity contribution in [3.05, 3.63) is 29.8 Å². The van der Waals surface area contributed by atoms with Gasteiger partial charge in [0.15, 0.2) is 0 Å². The third-order valence-corrected chi connectivity index (χ3v) is 6.35. The lowest BCUT2D eigenvalue weighted by molar-refractivity contribution is -0.134. The topological polar surface area (TPSA) is 113 Å². The van der Waals surface area contributed by atoms with Crippen LogP contribution in [0.1, 0.15) is 44.1 Å². The highest BCUT2D eigenvalue weighted by Crippen LogP contribution is 2.46. The Bertz CT molecular complexity index is 774. The van der Waals surface area contributed by atoms with Crippen molar-refractivity contribution < 1.29 is 14.4 Å². The van der Waals surface area contributed by atoms with Crippen molar-refractivity contribution in [3.63, 3.8) is 0 Å². The maximum absolute atomic E-state index is 12.4. The van der Waals surface area contributed by atoms with E-state index in [0.29, 0.717) is 24.4 Å². The van der Waals surface area contributed by atoms with Gasteiger partial charge in [-0.1, -0.05) is 25.0 Å². The summed E-state index contributed by atoms with van der Waals surface area (Å²) >= 11 is 0. The van der Waals surface area contributed by atoms with E-state index in [9.17, 15) is 14.4 Å². The molecular formula is C20H26N4O3. The Hall–Kier alpha value is -2.41. The molecule has 0 radical (unpaired) electrons. The van der Waals surface area contributed by atoms with Crippen LogP contribution in [-0.2, 0) is 20.8 Å². The number of carbonyl (C=O) groups excluding carboxylic acids is 3. The van der Waals surface area contributed by atoms with E-state index < -0.39 is 11.3 Å². The average molecular weight is 370 g/mol. The zero-order valence-corrected chi connectivity index (χ0v) is 15.3. The molecule has 2 saturated carbocycles. The molecule has 144 valence electrons. The van der Waals surface area contributed by atoms with E-state index in [1.165, 1.54) is 0 Å². The average Bonchev–Trinajstić information content (AvgIpc) is 3.47. The van der Waals surface area contributed by atoms with Crippen LogP contribution < -0.4 is 21.9 Å². The van der Waals surface area contributed by atoms with Crippen LogP contribution in [-0.4, -0.2) is 23.8 Å². The van der Waals surface area contributed by atoms with E-state index in [-0.39, 0.29) is 23.8 Å². The van der Waals surface area contributed by atoms with Gasteiger partial charge in [-0.2, -0.15) is 0 Å². The number of nitrogens with one attached hydrogen (secondary N) is 3. The monoisotopic (exact) mass is 370 g/mol. The van der Waals surface area contributed by atoms with Crippen molar-refractivity contribution in [2.45, 2.75) is 51.0 Å². The molecule has 3 unspecified atom stereocenters. The predicted molar refractivity (Wildman–Crippen MR) is 100 cm³/mol. The van der Waals surface area contributed by atoms with Gasteiger partial charge in [-0.25, -0.2) is 5.43 Å². The smallest absolute Gasteiger partial charge is 0.240 e. The fraction of sp³-hybridized carbons (Fsp3) is 0.550. The van der Waals surface area contributed by atoms with Crippen molar-refractivity contribution in [2.24, 2.45) is 23.0 Å². The Kier molecular flexibility index (Phi) is 4.63. The maximum Gasteiger partial charge on any atom is 0.240 e. The van der Waals surface area contributed by atoms with Gasteiger partial charge < -0.3 is 11.1 Å². The van der Waals surface area contributed by atoms with Gasteiger partial charge in [0, 0.05) is 17.6 Å². The van der Waals surface area contributed by atoms with Crippen molar-refractivity contribution in [1.82, 2.24) is 10.9 Å². The summed E-state index contributed by atoms with van der Waals surface area (Å²) in [6.07, 6.45) is 6.10. The molecule has 1 heterocycles. The number of primary amides is 1. The van der Waals surface area contributed by atoms with Gasteiger partial charge in [-0.15, -0.1) is 0 Å². The normalized spacial score (nSPS) is 28.6. The summed E-state index contributed by atoms with van der Waals surface area (Å²) < 4.78 is 0. The van der Waals surface area contributed by atoms with Gasteiger partial charge >= 0.3 is 0 Å². The second kappa shape index (κ2) is 6.96. The summed E-state index contributed by atoms with van der Waals surface area (Å²) in [7, 11) is 0. The first-order valence-electron chi connectivity index (χ1n) is 9.75.